The third-order valence-electron chi connectivity index (χ3n) is 2.68. The van der Waals surface area contributed by atoms with Crippen LogP contribution in [0.15, 0.2) is 22.8 Å². The van der Waals surface area contributed by atoms with E-state index in [1.165, 1.54) is 4.90 Å². The second-order valence-corrected chi connectivity index (χ2v) is 4.73. The number of rotatable bonds is 1. The fourth-order valence-electron chi connectivity index (χ4n) is 1.83. The number of carbonyl (C=O) groups is 2. The predicted octanol–water partition coefficient (Wildman–Crippen LogP) is 1.56. The van der Waals surface area contributed by atoms with Gasteiger partial charge in [-0.1, -0.05) is 6.07 Å². The number of anilines is 1. The van der Waals surface area contributed by atoms with Crippen LogP contribution in [-0.4, -0.2) is 46.6 Å². The number of aromatic nitrogens is 1. The summed E-state index contributed by atoms with van der Waals surface area (Å²) >= 11 is 3.25. The average Bonchev–Trinajstić information content (AvgIpc) is 2.51. The molecule has 6 nitrogen and oxygen atoms in total. The molecule has 0 spiro atoms. The smallest absolute Gasteiger partial charge is 0.407 e. The van der Waals surface area contributed by atoms with E-state index in [1.54, 1.807) is 18.2 Å². The lowest BCUT2D eigenvalue weighted by atomic mass is 10.3. The first-order valence-corrected chi connectivity index (χ1v) is 6.28. The standard InChI is InChI=1S/C11H12BrN3O3/c12-8-3-1-4-9(13-8)15-6-2-5-14(11(17)18)7-10(15)16/h1,3-4H,2,5-7H2,(H,17,18). The molecular weight excluding hydrogens is 302 g/mol. The summed E-state index contributed by atoms with van der Waals surface area (Å²) in [6, 6.07) is 5.30. The summed E-state index contributed by atoms with van der Waals surface area (Å²) in [5.74, 6) is 0.294. The van der Waals surface area contributed by atoms with Crippen LogP contribution < -0.4 is 4.90 Å². The molecule has 1 aliphatic rings. The Kier molecular flexibility index (Phi) is 3.81. The zero-order valence-corrected chi connectivity index (χ0v) is 11.1. The summed E-state index contributed by atoms with van der Waals surface area (Å²) in [7, 11) is 0. The molecule has 2 heterocycles. The molecule has 0 bridgehead atoms. The number of nitrogens with zero attached hydrogens (tertiary/aromatic N) is 3. The Morgan fingerprint density at radius 3 is 2.83 bits per heavy atom. The highest BCUT2D eigenvalue weighted by Crippen LogP contribution is 2.17. The molecule has 0 atom stereocenters. The van der Waals surface area contributed by atoms with Gasteiger partial charge in [0.2, 0.25) is 5.91 Å². The lowest BCUT2D eigenvalue weighted by molar-refractivity contribution is -0.118. The van der Waals surface area contributed by atoms with E-state index in [9.17, 15) is 9.59 Å². The fraction of sp³-hybridized carbons (Fsp3) is 0.364. The number of hydrogen-bond donors (Lipinski definition) is 1. The van der Waals surface area contributed by atoms with Crippen molar-refractivity contribution in [1.29, 1.82) is 0 Å². The molecular formula is C11H12BrN3O3. The van der Waals surface area contributed by atoms with E-state index in [0.29, 0.717) is 29.9 Å². The highest BCUT2D eigenvalue weighted by molar-refractivity contribution is 9.10. The summed E-state index contributed by atoms with van der Waals surface area (Å²) in [6.45, 7) is 0.723. The van der Waals surface area contributed by atoms with E-state index in [2.05, 4.69) is 20.9 Å². The SMILES string of the molecule is O=C(O)N1CCCN(c2cccc(Br)n2)C(=O)C1. The number of carboxylic acid groups (broad SMARTS) is 1. The predicted molar refractivity (Wildman–Crippen MR) is 68.5 cm³/mol. The molecule has 0 saturated carbocycles. The van der Waals surface area contributed by atoms with Crippen LogP contribution in [0.4, 0.5) is 10.6 Å². The summed E-state index contributed by atoms with van der Waals surface area (Å²) in [5.41, 5.74) is 0. The molecule has 1 aliphatic heterocycles. The molecule has 1 fully saturated rings. The van der Waals surface area contributed by atoms with Crippen LogP contribution in [0.3, 0.4) is 0 Å². The number of carbonyl (C=O) groups excluding carboxylic acids is 1. The molecule has 1 aromatic heterocycles. The Hall–Kier alpha value is -1.63. The summed E-state index contributed by atoms with van der Waals surface area (Å²) in [5, 5.41) is 8.91. The third kappa shape index (κ3) is 2.79. The van der Waals surface area contributed by atoms with Crippen molar-refractivity contribution in [2.45, 2.75) is 6.42 Å². The number of amides is 2. The highest BCUT2D eigenvalue weighted by atomic mass is 79.9. The van der Waals surface area contributed by atoms with Crippen LogP contribution in [0, 0.1) is 0 Å². The van der Waals surface area contributed by atoms with Gasteiger partial charge in [0, 0.05) is 13.1 Å². The van der Waals surface area contributed by atoms with E-state index in [-0.39, 0.29) is 12.5 Å². The maximum atomic E-state index is 12.0. The van der Waals surface area contributed by atoms with E-state index in [0.717, 1.165) is 4.90 Å². The largest absolute Gasteiger partial charge is 0.465 e. The van der Waals surface area contributed by atoms with Gasteiger partial charge in [0.25, 0.3) is 0 Å². The van der Waals surface area contributed by atoms with Crippen LogP contribution in [0.5, 0.6) is 0 Å². The Morgan fingerprint density at radius 1 is 1.39 bits per heavy atom. The number of pyridine rings is 1. The summed E-state index contributed by atoms with van der Waals surface area (Å²) in [4.78, 5) is 29.8. The summed E-state index contributed by atoms with van der Waals surface area (Å²) < 4.78 is 0.645. The average molecular weight is 314 g/mol. The molecule has 1 N–H and O–H groups in total. The fourth-order valence-corrected chi connectivity index (χ4v) is 2.16. The molecule has 2 amide bonds. The van der Waals surface area contributed by atoms with Gasteiger partial charge in [-0.05, 0) is 34.5 Å². The van der Waals surface area contributed by atoms with E-state index >= 15 is 0 Å². The first kappa shape index (κ1) is 12.8. The molecule has 18 heavy (non-hydrogen) atoms. The number of halogens is 1. The zero-order chi connectivity index (χ0) is 13.1. The van der Waals surface area contributed by atoms with Crippen LogP contribution in [-0.2, 0) is 4.79 Å². The minimum atomic E-state index is -1.06. The summed E-state index contributed by atoms with van der Waals surface area (Å²) in [6.07, 6.45) is -0.459. The van der Waals surface area contributed by atoms with Crippen LogP contribution >= 0.6 is 15.9 Å². The highest BCUT2D eigenvalue weighted by Gasteiger charge is 2.26. The second kappa shape index (κ2) is 5.34. The van der Waals surface area contributed by atoms with Crippen molar-refractivity contribution >= 4 is 33.7 Å². The zero-order valence-electron chi connectivity index (χ0n) is 9.54. The van der Waals surface area contributed by atoms with Crippen LogP contribution in [0.25, 0.3) is 0 Å². The molecule has 7 heteroatoms. The van der Waals surface area contributed by atoms with E-state index in [1.807, 2.05) is 0 Å². The molecule has 0 radical (unpaired) electrons. The van der Waals surface area contributed by atoms with Crippen molar-refractivity contribution in [3.8, 4) is 0 Å². The Morgan fingerprint density at radius 2 is 2.17 bits per heavy atom. The number of hydrogen-bond acceptors (Lipinski definition) is 3. The quantitative estimate of drug-likeness (QED) is 0.798. The minimum absolute atomic E-state index is 0.122. The molecule has 1 saturated heterocycles. The maximum absolute atomic E-state index is 12.0. The normalized spacial score (nSPS) is 16.6. The Labute approximate surface area is 112 Å². The van der Waals surface area contributed by atoms with Crippen molar-refractivity contribution in [1.82, 2.24) is 9.88 Å². The lowest BCUT2D eigenvalue weighted by Gasteiger charge is -2.19. The van der Waals surface area contributed by atoms with Gasteiger partial charge >= 0.3 is 6.09 Å². The van der Waals surface area contributed by atoms with Gasteiger partial charge in [-0.2, -0.15) is 0 Å². The van der Waals surface area contributed by atoms with Gasteiger partial charge in [-0.15, -0.1) is 0 Å². The molecule has 2 rings (SSSR count). The molecule has 0 aliphatic carbocycles. The van der Waals surface area contributed by atoms with Crippen molar-refractivity contribution in [2.24, 2.45) is 0 Å². The molecule has 96 valence electrons. The van der Waals surface area contributed by atoms with E-state index in [4.69, 9.17) is 5.11 Å². The first-order chi connectivity index (χ1) is 8.58. The lowest BCUT2D eigenvalue weighted by Crippen LogP contribution is -2.39. The van der Waals surface area contributed by atoms with Gasteiger partial charge in [0.05, 0.1) is 0 Å². The Balaban J connectivity index is 2.19. The van der Waals surface area contributed by atoms with Gasteiger partial charge in [-0.3, -0.25) is 14.6 Å². The van der Waals surface area contributed by atoms with Crippen molar-refractivity contribution in [3.63, 3.8) is 0 Å². The van der Waals surface area contributed by atoms with Crippen molar-refractivity contribution in [3.05, 3.63) is 22.8 Å². The third-order valence-corrected chi connectivity index (χ3v) is 3.13. The van der Waals surface area contributed by atoms with Crippen LogP contribution in [0.2, 0.25) is 0 Å². The van der Waals surface area contributed by atoms with Crippen molar-refractivity contribution in [2.75, 3.05) is 24.5 Å². The molecule has 0 unspecified atom stereocenters. The second-order valence-electron chi connectivity index (χ2n) is 3.92. The first-order valence-electron chi connectivity index (χ1n) is 5.49. The van der Waals surface area contributed by atoms with Crippen LogP contribution in [0.1, 0.15) is 6.42 Å². The molecule has 1 aromatic rings. The monoisotopic (exact) mass is 313 g/mol. The van der Waals surface area contributed by atoms with Gasteiger partial charge in [0.1, 0.15) is 17.0 Å². The van der Waals surface area contributed by atoms with E-state index < -0.39 is 6.09 Å². The van der Waals surface area contributed by atoms with Gasteiger partial charge in [-0.25, -0.2) is 9.78 Å². The van der Waals surface area contributed by atoms with Gasteiger partial charge in [0.15, 0.2) is 0 Å². The topological polar surface area (TPSA) is 73.7 Å². The Bertz CT molecular complexity index is 480. The molecule has 0 aromatic carbocycles. The van der Waals surface area contributed by atoms with Gasteiger partial charge < -0.3 is 5.11 Å². The van der Waals surface area contributed by atoms with Crippen molar-refractivity contribution < 1.29 is 14.7 Å². The minimum Gasteiger partial charge on any atom is -0.465 e. The maximum Gasteiger partial charge on any atom is 0.407 e.